The number of nitrogens with zero attached hydrogens (tertiary/aromatic N) is 3. The molecule has 5 aliphatic heterocycles. The summed E-state index contributed by atoms with van der Waals surface area (Å²) >= 11 is 11.8. The van der Waals surface area contributed by atoms with Crippen molar-refractivity contribution in [3.63, 3.8) is 0 Å². The van der Waals surface area contributed by atoms with Crippen molar-refractivity contribution in [1.82, 2.24) is 31.1 Å². The van der Waals surface area contributed by atoms with Gasteiger partial charge in [-0.15, -0.1) is 11.8 Å². The Bertz CT molecular complexity index is 2840. The molecule has 29 heteroatoms. The number of hydrogen-bond acceptors (Lipinski definition) is 21. The van der Waals surface area contributed by atoms with E-state index in [2.05, 4.69) is 21.3 Å². The summed E-state index contributed by atoms with van der Waals surface area (Å²) in [6.07, 6.45) is 8.57. The van der Waals surface area contributed by atoms with Crippen LogP contribution in [-0.2, 0) is 77.9 Å². The lowest BCUT2D eigenvalue weighted by Crippen LogP contribution is -2.63. The van der Waals surface area contributed by atoms with E-state index in [0.29, 0.717) is 41.2 Å². The number of amides is 8. The van der Waals surface area contributed by atoms with Crippen LogP contribution in [0.1, 0.15) is 117 Å². The van der Waals surface area contributed by atoms with Crippen molar-refractivity contribution in [2.24, 2.45) is 5.92 Å². The standard InChI is InChI=1S/C65H96ClN7O18S3/c1-40-14-13-17-51(85-8)65(83)36-49(89-63(82)70-65)41(2)60-64(4,91-60)52(35-57(78)72(6)47-31-43(30-40)32-48(84-7)59(47)66)90-62(81)42(3)71(5)56(77)20-29-94-50-34-58(79)73(61(50)80)22-24-87-26-25-86-23-21-67-55(76)39-88-44-37-68-53(74)18-27-92-45-15-11-9-10-12-16-46(33-45)93-28-19-54(75)69-38-44/h13-14,17,31-32,41-42,44-46,49-52,60,83H,9-12,15-16,18-30,33-39H2,1-8H3,(H,67,76)(H,68,74)(H,69,75)(H,70,82)/b17-13+,40-14+/t41-,42+,44?,45?,46?,49+,50?,51-,52+,60+,64+,65+/m1/s1. The second-order valence-corrected chi connectivity index (χ2v) is 29.4. The van der Waals surface area contributed by atoms with Gasteiger partial charge in [0.15, 0.2) is 5.72 Å². The van der Waals surface area contributed by atoms with E-state index in [1.54, 1.807) is 45.2 Å². The Morgan fingerprint density at radius 3 is 2.27 bits per heavy atom. The van der Waals surface area contributed by atoms with Crippen LogP contribution in [0, 0.1) is 5.92 Å². The van der Waals surface area contributed by atoms with Crippen molar-refractivity contribution >= 4 is 106 Å². The lowest BCUT2D eigenvalue weighted by molar-refractivity contribution is -0.162. The number of rotatable bonds is 21. The van der Waals surface area contributed by atoms with E-state index in [1.165, 1.54) is 63.7 Å². The number of ether oxygens (including phenoxy) is 8. The highest BCUT2D eigenvalue weighted by Gasteiger charge is 2.64. The normalized spacial score (nSPS) is 29.9. The van der Waals surface area contributed by atoms with Crippen LogP contribution in [0.5, 0.6) is 5.75 Å². The molecule has 0 spiro atoms. The third-order valence-electron chi connectivity index (χ3n) is 18.0. The van der Waals surface area contributed by atoms with Gasteiger partial charge in [-0.1, -0.05) is 68.0 Å². The summed E-state index contributed by atoms with van der Waals surface area (Å²) in [7, 11) is 5.85. The lowest BCUT2D eigenvalue weighted by atomic mass is 9.83. The molecule has 1 aliphatic carbocycles. The minimum absolute atomic E-state index is 0.0146. The molecule has 0 radical (unpaired) electrons. The number of aliphatic hydroxyl groups is 1. The van der Waals surface area contributed by atoms with Crippen molar-refractivity contribution in [2.45, 2.75) is 181 Å². The summed E-state index contributed by atoms with van der Waals surface area (Å²) in [5.41, 5.74) is -1.24. The minimum atomic E-state index is -1.89. The minimum Gasteiger partial charge on any atom is -0.495 e. The van der Waals surface area contributed by atoms with E-state index in [-0.39, 0.29) is 113 Å². The van der Waals surface area contributed by atoms with Gasteiger partial charge in [-0.3, -0.25) is 43.8 Å². The lowest BCUT2D eigenvalue weighted by Gasteiger charge is -2.42. The van der Waals surface area contributed by atoms with Crippen LogP contribution in [0.4, 0.5) is 10.5 Å². The maximum absolute atomic E-state index is 14.4. The first-order chi connectivity index (χ1) is 44.9. The number of alkyl carbamates (subject to hydrolysis) is 1. The maximum Gasteiger partial charge on any atom is 0.409 e. The van der Waals surface area contributed by atoms with Gasteiger partial charge in [-0.05, 0) is 64.2 Å². The molecule has 3 unspecified atom stereocenters. The fraction of sp³-hybridized carbons (Fsp3) is 0.708. The van der Waals surface area contributed by atoms with Gasteiger partial charge < -0.3 is 68.8 Å². The fourth-order valence-electron chi connectivity index (χ4n) is 12.1. The van der Waals surface area contributed by atoms with Gasteiger partial charge in [0.1, 0.15) is 47.3 Å². The number of nitrogens with one attached hydrogen (secondary N) is 4. The Morgan fingerprint density at radius 2 is 1.61 bits per heavy atom. The molecule has 11 atom stereocenters. The number of likely N-dealkylation sites (tertiary alicyclic amines) is 1. The molecule has 1 aromatic carbocycles. The largest absolute Gasteiger partial charge is 0.495 e. The molecule has 6 bridgehead atoms. The molecule has 0 aromatic heterocycles. The molecule has 25 nitrogen and oxygen atoms in total. The first-order valence-electron chi connectivity index (χ1n) is 32.5. The molecule has 1 saturated carbocycles. The van der Waals surface area contributed by atoms with Gasteiger partial charge in [0.2, 0.25) is 41.4 Å². The van der Waals surface area contributed by atoms with E-state index >= 15 is 0 Å². The SMILES string of the molecule is COc1cc2cc(c1Cl)N(C)C(=O)C[C@H](OC(=O)[C@H](C)N(C)C(=O)CCSC1CC(=O)N(CCOCCOCCNC(=O)COC3CNC(=O)CCSC4CCCCCCC(C4)SCCC(=O)NC3)C1=O)[C@]1(C)O[C@H]1[C@H](C)[C@@H]1C[C@@](O)(NC(=O)O1)[C@H](OC)/C=C/C=C(\C)C2. The van der Waals surface area contributed by atoms with Gasteiger partial charge in [-0.25, -0.2) is 9.59 Å². The molecule has 524 valence electrons. The number of fused-ring (bicyclic) bond motifs is 7. The fourth-order valence-corrected chi connectivity index (χ4v) is 16.3. The van der Waals surface area contributed by atoms with Crippen LogP contribution in [0.3, 0.4) is 0 Å². The summed E-state index contributed by atoms with van der Waals surface area (Å²) in [4.78, 5) is 124. The highest BCUT2D eigenvalue weighted by atomic mass is 35.5. The molecular formula is C65H96ClN7O18S3. The number of methoxy groups -OCH3 is 2. The predicted octanol–water partition coefficient (Wildman–Crippen LogP) is 5.27. The predicted molar refractivity (Wildman–Crippen MR) is 358 cm³/mol. The molecule has 4 saturated heterocycles. The number of imide groups is 1. The first kappa shape index (κ1) is 76.2. The van der Waals surface area contributed by atoms with Crippen molar-refractivity contribution in [3.05, 3.63) is 46.5 Å². The summed E-state index contributed by atoms with van der Waals surface area (Å²) in [6.45, 7) is 7.60. The van der Waals surface area contributed by atoms with Crippen molar-refractivity contribution < 1.29 is 86.2 Å². The first-order valence-corrected chi connectivity index (χ1v) is 36.1. The maximum atomic E-state index is 14.4. The molecule has 7 rings (SSSR count). The average molecular weight is 1400 g/mol. The number of carbonyl (C=O) groups excluding carboxylic acids is 9. The molecule has 94 heavy (non-hydrogen) atoms. The van der Waals surface area contributed by atoms with Crippen molar-refractivity contribution in [1.29, 1.82) is 0 Å². The van der Waals surface area contributed by atoms with E-state index in [0.717, 1.165) is 58.6 Å². The number of benzene rings is 1. The molecule has 5 N–H and O–H groups in total. The van der Waals surface area contributed by atoms with Crippen LogP contribution in [-0.4, -0.2) is 237 Å². The summed E-state index contributed by atoms with van der Waals surface area (Å²) in [6, 6.07) is 2.36. The smallest absolute Gasteiger partial charge is 0.409 e. The number of thioether (sulfide) groups is 3. The quantitative estimate of drug-likeness (QED) is 0.0453. The van der Waals surface area contributed by atoms with Crippen LogP contribution in [0.15, 0.2) is 35.9 Å². The van der Waals surface area contributed by atoms with Crippen LogP contribution >= 0.6 is 46.9 Å². The third kappa shape index (κ3) is 22.2. The van der Waals surface area contributed by atoms with Gasteiger partial charge >= 0.3 is 12.1 Å². The van der Waals surface area contributed by atoms with Crippen LogP contribution < -0.4 is 30.9 Å². The van der Waals surface area contributed by atoms with E-state index < -0.39 is 95.3 Å². The number of carbonyl (C=O) groups is 9. The number of halogens is 1. The number of hydrogen-bond donors (Lipinski definition) is 5. The summed E-state index contributed by atoms with van der Waals surface area (Å²) < 4.78 is 46.6. The Hall–Kier alpha value is -5.17. The second-order valence-electron chi connectivity index (χ2n) is 24.9. The number of allylic oxidation sites excluding steroid dienone is 3. The van der Waals surface area contributed by atoms with Gasteiger partial charge in [0, 0.05) is 107 Å². The summed E-state index contributed by atoms with van der Waals surface area (Å²) in [5.74, 6) is -1.81. The number of epoxide rings is 1. The van der Waals surface area contributed by atoms with Crippen molar-refractivity contribution in [2.75, 3.05) is 110 Å². The number of likely N-dealkylation sites (N-methyl/N-ethyl adjacent to an activating group) is 1. The highest BCUT2D eigenvalue weighted by molar-refractivity contribution is 8.01. The third-order valence-corrected chi connectivity index (χ3v) is 22.2. The van der Waals surface area contributed by atoms with Gasteiger partial charge in [0.25, 0.3) is 0 Å². The molecule has 1 aromatic rings. The highest BCUT2D eigenvalue weighted by Crippen LogP contribution is 2.49. The molecule has 8 amide bonds. The van der Waals surface area contributed by atoms with E-state index in [1.807, 2.05) is 36.5 Å². The number of esters is 1. The second kappa shape index (κ2) is 37.0. The molecular weight excluding hydrogens is 1300 g/mol. The monoisotopic (exact) mass is 1390 g/mol. The molecule has 5 heterocycles. The van der Waals surface area contributed by atoms with Gasteiger partial charge in [0.05, 0.1) is 69.6 Å². The molecule has 5 fully saturated rings. The zero-order valence-electron chi connectivity index (χ0n) is 55.4. The topological polar surface area (TPSA) is 309 Å². The van der Waals surface area contributed by atoms with Crippen molar-refractivity contribution in [3.8, 4) is 5.75 Å². The summed E-state index contributed by atoms with van der Waals surface area (Å²) in [5, 5.41) is 23.4. The Morgan fingerprint density at radius 1 is 0.936 bits per heavy atom. The Balaban J connectivity index is 0.824. The molecule has 6 aliphatic rings. The van der Waals surface area contributed by atoms with Crippen LogP contribution in [0.2, 0.25) is 5.02 Å². The average Bonchev–Trinajstić information content (AvgIpc) is 1.57. The van der Waals surface area contributed by atoms with E-state index in [4.69, 9.17) is 49.5 Å². The Kier molecular flexibility index (Phi) is 30.0. The van der Waals surface area contributed by atoms with E-state index in [9.17, 15) is 48.3 Å². The Labute approximate surface area is 569 Å². The number of anilines is 1. The zero-order valence-corrected chi connectivity index (χ0v) is 58.6. The van der Waals surface area contributed by atoms with Gasteiger partial charge in [-0.2, -0.15) is 23.5 Å². The van der Waals surface area contributed by atoms with Crippen LogP contribution in [0.25, 0.3) is 0 Å². The zero-order chi connectivity index (χ0) is 68.1.